The number of benzene rings is 1. The van der Waals surface area contributed by atoms with E-state index in [0.29, 0.717) is 12.6 Å². The van der Waals surface area contributed by atoms with Gasteiger partial charge in [0.05, 0.1) is 6.54 Å². The van der Waals surface area contributed by atoms with E-state index in [-0.39, 0.29) is 5.91 Å². The number of anilines is 1. The number of rotatable bonds is 4. The maximum Gasteiger partial charge on any atom is 0.241 e. The van der Waals surface area contributed by atoms with Gasteiger partial charge in [0.25, 0.3) is 0 Å². The van der Waals surface area contributed by atoms with Gasteiger partial charge in [-0.3, -0.25) is 4.79 Å². The Hall–Kier alpha value is -1.22. The average molecular weight is 253 g/mol. The molecule has 0 aromatic heterocycles. The average Bonchev–Trinajstić information content (AvgIpc) is 3.13. The van der Waals surface area contributed by atoms with Crippen LogP contribution in [-0.4, -0.2) is 30.4 Å². The van der Waals surface area contributed by atoms with Crippen LogP contribution in [0.25, 0.3) is 0 Å². The van der Waals surface area contributed by atoms with E-state index >= 15 is 0 Å². The van der Waals surface area contributed by atoms with Crippen molar-refractivity contribution in [2.75, 3.05) is 18.9 Å². The van der Waals surface area contributed by atoms with Gasteiger partial charge in [-0.25, -0.2) is 0 Å². The Kier molecular flexibility index (Phi) is 3.57. The number of nitrogens with zero attached hydrogens (tertiary/aromatic N) is 1. The number of halogens is 1. The fraction of sp³-hybridized carbons (Fsp3) is 0.462. The van der Waals surface area contributed by atoms with Gasteiger partial charge in [-0.05, 0) is 37.5 Å². The molecule has 1 fully saturated rings. The molecule has 3 nitrogen and oxygen atoms in total. The zero-order valence-corrected chi connectivity index (χ0v) is 10.9. The highest BCUT2D eigenvalue weighted by molar-refractivity contribution is 6.31. The molecule has 0 heterocycles. The molecule has 0 atom stereocenters. The van der Waals surface area contributed by atoms with Crippen LogP contribution in [0.1, 0.15) is 18.4 Å². The minimum atomic E-state index is 0.131. The van der Waals surface area contributed by atoms with Crippen molar-refractivity contribution in [2.24, 2.45) is 0 Å². The van der Waals surface area contributed by atoms with Crippen LogP contribution < -0.4 is 5.32 Å². The zero-order valence-electron chi connectivity index (χ0n) is 10.2. The summed E-state index contributed by atoms with van der Waals surface area (Å²) < 4.78 is 0. The molecular weight excluding hydrogens is 236 g/mol. The maximum atomic E-state index is 11.8. The minimum Gasteiger partial charge on any atom is -0.376 e. The summed E-state index contributed by atoms with van der Waals surface area (Å²) in [6, 6.07) is 6.13. The second-order valence-electron chi connectivity index (χ2n) is 4.50. The molecule has 1 aliphatic carbocycles. The number of carbonyl (C=O) groups is 1. The van der Waals surface area contributed by atoms with E-state index < -0.39 is 0 Å². The molecule has 1 N–H and O–H groups in total. The number of likely N-dealkylation sites (N-methyl/N-ethyl adjacent to an activating group) is 1. The quantitative estimate of drug-likeness (QED) is 0.894. The first-order chi connectivity index (χ1) is 8.09. The van der Waals surface area contributed by atoms with Crippen molar-refractivity contribution >= 4 is 23.2 Å². The minimum absolute atomic E-state index is 0.131. The Morgan fingerprint density at radius 3 is 2.88 bits per heavy atom. The summed E-state index contributed by atoms with van der Waals surface area (Å²) in [5.74, 6) is 0.131. The smallest absolute Gasteiger partial charge is 0.241 e. The van der Waals surface area contributed by atoms with Crippen molar-refractivity contribution in [1.82, 2.24) is 4.90 Å². The second-order valence-corrected chi connectivity index (χ2v) is 4.91. The van der Waals surface area contributed by atoms with Gasteiger partial charge in [-0.15, -0.1) is 0 Å². The molecule has 4 heteroatoms. The van der Waals surface area contributed by atoms with Crippen LogP contribution in [0.4, 0.5) is 5.69 Å². The van der Waals surface area contributed by atoms with Crippen LogP contribution in [0, 0.1) is 6.92 Å². The van der Waals surface area contributed by atoms with Gasteiger partial charge < -0.3 is 10.2 Å². The Morgan fingerprint density at radius 1 is 1.53 bits per heavy atom. The van der Waals surface area contributed by atoms with Crippen LogP contribution in [0.3, 0.4) is 0 Å². The van der Waals surface area contributed by atoms with Crippen LogP contribution in [0.5, 0.6) is 0 Å². The molecule has 0 unspecified atom stereocenters. The fourth-order valence-electron chi connectivity index (χ4n) is 1.76. The summed E-state index contributed by atoms with van der Waals surface area (Å²) in [6.45, 7) is 2.27. The zero-order chi connectivity index (χ0) is 12.4. The van der Waals surface area contributed by atoms with Crippen molar-refractivity contribution in [1.29, 1.82) is 0 Å². The van der Waals surface area contributed by atoms with Gasteiger partial charge >= 0.3 is 0 Å². The third-order valence-electron chi connectivity index (χ3n) is 3.19. The van der Waals surface area contributed by atoms with Gasteiger partial charge in [0.15, 0.2) is 0 Å². The molecule has 0 saturated heterocycles. The summed E-state index contributed by atoms with van der Waals surface area (Å²) in [5.41, 5.74) is 1.91. The Bertz CT molecular complexity index is 429. The van der Waals surface area contributed by atoms with Crippen LogP contribution in [0.15, 0.2) is 18.2 Å². The van der Waals surface area contributed by atoms with Crippen molar-refractivity contribution in [3.8, 4) is 0 Å². The molecule has 0 radical (unpaired) electrons. The molecule has 0 bridgehead atoms. The second kappa shape index (κ2) is 4.96. The Balaban J connectivity index is 1.93. The monoisotopic (exact) mass is 252 g/mol. The molecule has 2 rings (SSSR count). The molecule has 1 aliphatic rings. The van der Waals surface area contributed by atoms with E-state index in [1.54, 1.807) is 0 Å². The number of carbonyl (C=O) groups excluding carboxylic acids is 1. The van der Waals surface area contributed by atoms with Gasteiger partial charge in [-0.1, -0.05) is 17.7 Å². The standard InChI is InChI=1S/C13H17ClN2O/c1-9-11(14)4-3-5-12(9)15-8-13(17)16(2)10-6-7-10/h3-5,10,15H,6-8H2,1-2H3. The summed E-state index contributed by atoms with van der Waals surface area (Å²) in [6.07, 6.45) is 2.27. The number of nitrogens with one attached hydrogen (secondary N) is 1. The summed E-state index contributed by atoms with van der Waals surface area (Å²) in [5, 5.41) is 3.86. The van der Waals surface area contributed by atoms with E-state index in [9.17, 15) is 4.79 Å². The fourth-order valence-corrected chi connectivity index (χ4v) is 1.93. The lowest BCUT2D eigenvalue weighted by Gasteiger charge is -2.17. The third-order valence-corrected chi connectivity index (χ3v) is 3.60. The molecular formula is C13H17ClN2O. The van der Waals surface area contributed by atoms with E-state index in [4.69, 9.17) is 11.6 Å². The lowest BCUT2D eigenvalue weighted by Crippen LogP contribution is -2.33. The van der Waals surface area contributed by atoms with Gasteiger partial charge in [0.1, 0.15) is 0 Å². The highest BCUT2D eigenvalue weighted by Gasteiger charge is 2.29. The predicted octanol–water partition coefficient (Wildman–Crippen LogP) is 2.68. The molecule has 1 aromatic rings. The van der Waals surface area contributed by atoms with Crippen molar-refractivity contribution in [2.45, 2.75) is 25.8 Å². The normalized spacial score (nSPS) is 14.5. The van der Waals surface area contributed by atoms with Gasteiger partial charge in [-0.2, -0.15) is 0 Å². The SMILES string of the molecule is Cc1c(Cl)cccc1NCC(=O)N(C)C1CC1. The summed E-state index contributed by atoms with van der Waals surface area (Å²) >= 11 is 6.02. The summed E-state index contributed by atoms with van der Waals surface area (Å²) in [4.78, 5) is 13.7. The lowest BCUT2D eigenvalue weighted by molar-refractivity contribution is -0.128. The van der Waals surface area contributed by atoms with E-state index in [1.165, 1.54) is 0 Å². The first-order valence-corrected chi connectivity index (χ1v) is 6.22. The molecule has 0 spiro atoms. The predicted molar refractivity (Wildman–Crippen MR) is 70.5 cm³/mol. The van der Waals surface area contributed by atoms with Crippen molar-refractivity contribution in [3.05, 3.63) is 28.8 Å². The molecule has 1 aromatic carbocycles. The molecule has 17 heavy (non-hydrogen) atoms. The van der Waals surface area contributed by atoms with E-state index in [2.05, 4.69) is 5.32 Å². The maximum absolute atomic E-state index is 11.8. The van der Waals surface area contributed by atoms with E-state index in [1.807, 2.05) is 37.1 Å². The Labute approximate surface area is 107 Å². The molecule has 0 aliphatic heterocycles. The first-order valence-electron chi connectivity index (χ1n) is 5.84. The Morgan fingerprint density at radius 2 is 2.24 bits per heavy atom. The van der Waals surface area contributed by atoms with Crippen molar-refractivity contribution < 1.29 is 4.79 Å². The number of hydrogen-bond acceptors (Lipinski definition) is 2. The largest absolute Gasteiger partial charge is 0.376 e. The lowest BCUT2D eigenvalue weighted by atomic mass is 10.2. The molecule has 92 valence electrons. The third kappa shape index (κ3) is 2.91. The first kappa shape index (κ1) is 12.2. The summed E-state index contributed by atoms with van der Waals surface area (Å²) in [7, 11) is 1.87. The highest BCUT2D eigenvalue weighted by Crippen LogP contribution is 2.26. The van der Waals surface area contributed by atoms with Gasteiger partial charge in [0, 0.05) is 23.8 Å². The molecule has 1 saturated carbocycles. The molecule has 1 amide bonds. The van der Waals surface area contributed by atoms with E-state index in [0.717, 1.165) is 29.1 Å². The van der Waals surface area contributed by atoms with Crippen LogP contribution in [-0.2, 0) is 4.79 Å². The van der Waals surface area contributed by atoms with Crippen molar-refractivity contribution in [3.63, 3.8) is 0 Å². The van der Waals surface area contributed by atoms with Gasteiger partial charge in [0.2, 0.25) is 5.91 Å². The van der Waals surface area contributed by atoms with Crippen LogP contribution in [0.2, 0.25) is 5.02 Å². The number of hydrogen-bond donors (Lipinski definition) is 1. The highest BCUT2D eigenvalue weighted by atomic mass is 35.5. The number of amides is 1. The topological polar surface area (TPSA) is 32.3 Å². The van der Waals surface area contributed by atoms with Crippen LogP contribution >= 0.6 is 11.6 Å².